The Hall–Kier alpha value is -2.22. The van der Waals surface area contributed by atoms with E-state index >= 15 is 0 Å². The molecular weight excluding hydrogens is 354 g/mol. The third kappa shape index (κ3) is 3.95. The number of azo groups is 1. The molecular formula is C18H23N3O4S. The van der Waals surface area contributed by atoms with Gasteiger partial charge in [-0.3, -0.25) is 4.79 Å². The van der Waals surface area contributed by atoms with Gasteiger partial charge in [0.2, 0.25) is 5.88 Å². The van der Waals surface area contributed by atoms with Gasteiger partial charge in [0.15, 0.2) is 15.5 Å². The van der Waals surface area contributed by atoms with Crippen molar-refractivity contribution in [3.05, 3.63) is 24.3 Å². The summed E-state index contributed by atoms with van der Waals surface area (Å²) in [6.45, 7) is 4.72. The number of rotatable bonds is 5. The van der Waals surface area contributed by atoms with Crippen molar-refractivity contribution in [1.82, 2.24) is 4.57 Å². The molecule has 0 spiro atoms. The Morgan fingerprint density at radius 3 is 2.73 bits per heavy atom. The highest BCUT2D eigenvalue weighted by molar-refractivity contribution is 7.91. The highest BCUT2D eigenvalue weighted by Crippen LogP contribution is 2.39. The molecule has 1 aliphatic rings. The number of fused-ring (bicyclic) bond motifs is 1. The summed E-state index contributed by atoms with van der Waals surface area (Å²) in [7, 11) is -3.02. The summed E-state index contributed by atoms with van der Waals surface area (Å²) in [5.41, 5.74) is 1.11. The predicted octanol–water partition coefficient (Wildman–Crippen LogP) is 3.44. The van der Waals surface area contributed by atoms with Gasteiger partial charge in [-0.05, 0) is 24.3 Å². The van der Waals surface area contributed by atoms with Crippen LogP contribution in [0.25, 0.3) is 10.9 Å². The topological polar surface area (TPSA) is 101 Å². The van der Waals surface area contributed by atoms with Crippen molar-refractivity contribution in [2.75, 3.05) is 11.5 Å². The molecule has 1 amide bonds. The van der Waals surface area contributed by atoms with Crippen LogP contribution < -0.4 is 0 Å². The zero-order valence-corrected chi connectivity index (χ0v) is 15.7. The van der Waals surface area contributed by atoms with Crippen molar-refractivity contribution in [2.24, 2.45) is 22.1 Å². The maximum absolute atomic E-state index is 12.1. The fourth-order valence-corrected chi connectivity index (χ4v) is 5.21. The fraction of sp³-hybridized carbons (Fsp3) is 0.500. The number of aromatic hydroxyl groups is 1. The molecule has 1 saturated heterocycles. The lowest BCUT2D eigenvalue weighted by Gasteiger charge is -2.09. The molecule has 1 aliphatic heterocycles. The third-order valence-electron chi connectivity index (χ3n) is 4.52. The molecule has 1 atom stereocenters. The van der Waals surface area contributed by atoms with Crippen LogP contribution >= 0.6 is 0 Å². The van der Waals surface area contributed by atoms with Gasteiger partial charge in [-0.2, -0.15) is 0 Å². The van der Waals surface area contributed by atoms with Crippen molar-refractivity contribution in [1.29, 1.82) is 0 Å². The first-order valence-electron chi connectivity index (χ1n) is 8.72. The van der Waals surface area contributed by atoms with E-state index in [9.17, 15) is 18.3 Å². The van der Waals surface area contributed by atoms with E-state index in [0.29, 0.717) is 18.9 Å². The normalized spacial score (nSPS) is 19.7. The molecule has 7 nitrogen and oxygen atoms in total. The number of carbonyl (C=O) groups is 1. The second-order valence-corrected chi connectivity index (χ2v) is 9.49. The van der Waals surface area contributed by atoms with E-state index in [4.69, 9.17) is 0 Å². The van der Waals surface area contributed by atoms with Crippen molar-refractivity contribution in [3.63, 3.8) is 0 Å². The second-order valence-electron chi connectivity index (χ2n) is 7.26. The molecule has 0 unspecified atom stereocenters. The minimum atomic E-state index is -3.02. The van der Waals surface area contributed by atoms with E-state index < -0.39 is 15.7 Å². The first-order chi connectivity index (χ1) is 12.3. The number of sulfone groups is 1. The molecule has 1 fully saturated rings. The monoisotopic (exact) mass is 377 g/mol. The highest BCUT2D eigenvalue weighted by Gasteiger charge is 2.29. The summed E-state index contributed by atoms with van der Waals surface area (Å²) in [4.78, 5) is 12.1. The summed E-state index contributed by atoms with van der Waals surface area (Å²) >= 11 is 0. The van der Waals surface area contributed by atoms with E-state index in [1.165, 1.54) is 0 Å². The molecule has 1 N–H and O–H groups in total. The Kier molecular flexibility index (Phi) is 5.13. The van der Waals surface area contributed by atoms with Crippen LogP contribution in [-0.2, 0) is 21.2 Å². The number of aromatic nitrogens is 1. The standard InChI is InChI=1S/C18H23N3O4S/c1-12(2)10-21-15-6-4-3-5-14(15)17(18(21)23)20-19-16(22)9-13-7-8-26(24,25)11-13/h3-6,12-13,23H,7-11H2,1-2H3/t13-/m1/s1. The average Bonchev–Trinajstić information content (AvgIpc) is 3.03. The number of hydrogen-bond donors (Lipinski definition) is 1. The SMILES string of the molecule is CC(C)Cn1c(O)c(N=NC(=O)C[C@H]2CCS(=O)(=O)C2)c2ccccc21. The van der Waals surface area contributed by atoms with E-state index in [-0.39, 0.29) is 35.4 Å². The molecule has 2 aromatic rings. The predicted molar refractivity (Wildman–Crippen MR) is 99.3 cm³/mol. The Morgan fingerprint density at radius 2 is 2.08 bits per heavy atom. The first kappa shape index (κ1) is 18.6. The van der Waals surface area contributed by atoms with Crippen molar-refractivity contribution >= 4 is 32.3 Å². The van der Waals surface area contributed by atoms with Gasteiger partial charge >= 0.3 is 0 Å². The summed E-state index contributed by atoms with van der Waals surface area (Å²) in [6, 6.07) is 7.44. The minimum absolute atomic E-state index is 0.0140. The number of hydrogen-bond acceptors (Lipinski definition) is 5. The molecule has 1 aromatic heterocycles. The van der Waals surface area contributed by atoms with Crippen molar-refractivity contribution in [2.45, 2.75) is 33.2 Å². The lowest BCUT2D eigenvalue weighted by Crippen LogP contribution is -2.08. The molecule has 8 heteroatoms. The second kappa shape index (κ2) is 7.19. The van der Waals surface area contributed by atoms with Gasteiger partial charge in [-0.25, -0.2) is 8.42 Å². The van der Waals surface area contributed by atoms with Gasteiger partial charge in [0.05, 0.1) is 17.0 Å². The lowest BCUT2D eigenvalue weighted by atomic mass is 10.1. The summed E-state index contributed by atoms with van der Waals surface area (Å²) in [5, 5.41) is 19.0. The van der Waals surface area contributed by atoms with Crippen LogP contribution in [0.5, 0.6) is 5.88 Å². The smallest absolute Gasteiger partial charge is 0.265 e. The largest absolute Gasteiger partial charge is 0.493 e. The zero-order valence-electron chi connectivity index (χ0n) is 14.9. The Bertz CT molecular complexity index is 960. The summed E-state index contributed by atoms with van der Waals surface area (Å²) < 4.78 is 24.7. The quantitative estimate of drug-likeness (QED) is 0.806. The number of carbonyl (C=O) groups excluding carboxylic acids is 1. The Balaban J connectivity index is 1.83. The van der Waals surface area contributed by atoms with Gasteiger partial charge in [0, 0.05) is 18.4 Å². The van der Waals surface area contributed by atoms with Gasteiger partial charge < -0.3 is 9.67 Å². The van der Waals surface area contributed by atoms with Crippen LogP contribution in [0.4, 0.5) is 5.69 Å². The lowest BCUT2D eigenvalue weighted by molar-refractivity contribution is -0.119. The number of benzene rings is 1. The summed E-state index contributed by atoms with van der Waals surface area (Å²) in [5.74, 6) is -0.180. The van der Waals surface area contributed by atoms with Gasteiger partial charge in [-0.15, -0.1) is 10.2 Å². The van der Waals surface area contributed by atoms with E-state index in [1.807, 2.05) is 24.3 Å². The number of nitrogens with zero attached hydrogens (tertiary/aromatic N) is 3. The summed E-state index contributed by atoms with van der Waals surface area (Å²) in [6.07, 6.45) is 0.552. The first-order valence-corrected chi connectivity index (χ1v) is 10.5. The van der Waals surface area contributed by atoms with E-state index in [0.717, 1.165) is 10.9 Å². The Labute approximate surface area is 152 Å². The average molecular weight is 377 g/mol. The maximum Gasteiger partial charge on any atom is 0.265 e. The van der Waals surface area contributed by atoms with Gasteiger partial charge in [0.1, 0.15) is 0 Å². The molecule has 1 aromatic carbocycles. The molecule has 140 valence electrons. The van der Waals surface area contributed by atoms with Crippen molar-refractivity contribution in [3.8, 4) is 5.88 Å². The van der Waals surface area contributed by atoms with Crippen LogP contribution in [0.2, 0.25) is 0 Å². The molecule has 0 bridgehead atoms. The molecule has 2 heterocycles. The molecule has 3 rings (SSSR count). The highest BCUT2D eigenvalue weighted by atomic mass is 32.2. The van der Waals surface area contributed by atoms with Crippen molar-refractivity contribution < 1.29 is 18.3 Å². The van der Waals surface area contributed by atoms with Gasteiger partial charge in [0.25, 0.3) is 5.91 Å². The number of para-hydroxylation sites is 1. The van der Waals surface area contributed by atoms with Crippen LogP contribution in [0.3, 0.4) is 0 Å². The minimum Gasteiger partial charge on any atom is -0.493 e. The van der Waals surface area contributed by atoms with Crippen LogP contribution in [0.1, 0.15) is 26.7 Å². The zero-order chi connectivity index (χ0) is 18.9. The molecule has 0 radical (unpaired) electrons. The van der Waals surface area contributed by atoms with E-state index in [1.54, 1.807) is 4.57 Å². The van der Waals surface area contributed by atoms with Crippen LogP contribution in [0, 0.1) is 11.8 Å². The molecule has 26 heavy (non-hydrogen) atoms. The maximum atomic E-state index is 12.1. The Morgan fingerprint density at radius 1 is 1.35 bits per heavy atom. The molecule has 0 saturated carbocycles. The van der Waals surface area contributed by atoms with Gasteiger partial charge in [-0.1, -0.05) is 32.0 Å². The number of amides is 1. The molecule has 0 aliphatic carbocycles. The van der Waals surface area contributed by atoms with Crippen LogP contribution in [0.15, 0.2) is 34.5 Å². The third-order valence-corrected chi connectivity index (χ3v) is 6.35. The van der Waals surface area contributed by atoms with E-state index in [2.05, 4.69) is 24.1 Å². The fourth-order valence-electron chi connectivity index (χ4n) is 3.35. The van der Waals surface area contributed by atoms with Crippen LogP contribution in [-0.4, -0.2) is 35.5 Å².